The Kier molecular flexibility index (Phi) is 13.1. The van der Waals surface area contributed by atoms with Gasteiger partial charge in [0.25, 0.3) is 0 Å². The van der Waals surface area contributed by atoms with Crippen LogP contribution in [0.3, 0.4) is 0 Å². The first-order valence-electron chi connectivity index (χ1n) is 9.18. The van der Waals surface area contributed by atoms with Crippen LogP contribution in [0.4, 0.5) is 0 Å². The van der Waals surface area contributed by atoms with Crippen molar-refractivity contribution in [1.29, 1.82) is 0 Å². The van der Waals surface area contributed by atoms with E-state index in [1.807, 2.05) is 0 Å². The van der Waals surface area contributed by atoms with E-state index in [-0.39, 0.29) is 12.4 Å². The summed E-state index contributed by atoms with van der Waals surface area (Å²) in [7, 11) is 0. The second kappa shape index (κ2) is 13.0. The first-order valence-corrected chi connectivity index (χ1v) is 9.18. The zero-order valence-electron chi connectivity index (χ0n) is 14.1. The van der Waals surface area contributed by atoms with Gasteiger partial charge in [0.15, 0.2) is 0 Å². The molecule has 0 aliphatic carbocycles. The van der Waals surface area contributed by atoms with Crippen LogP contribution >= 0.6 is 0 Å². The fourth-order valence-electron chi connectivity index (χ4n) is 3.80. The molecule has 0 atom stereocenters. The normalized spacial score (nSPS) is 17.7. The minimum Gasteiger partial charge on any atom is -1.00 e. The molecule has 0 spiro atoms. The molecule has 2 heteroatoms. The van der Waals surface area contributed by atoms with Crippen LogP contribution in [0, 0.1) is 0 Å². The van der Waals surface area contributed by atoms with Gasteiger partial charge in [0.2, 0.25) is 0 Å². The standard InChI is InChI=1S/C18H38N.ClH/c1-3-5-6-7-8-9-10-12-16-19(15-4-2)17-13-11-14-18-19;/h3-18H2,1-2H3;1H/q+1;/p-1. The molecule has 0 amide bonds. The molecular weight excluding hydrogens is 266 g/mol. The minimum atomic E-state index is 0. The summed E-state index contributed by atoms with van der Waals surface area (Å²) in [4.78, 5) is 0. The Bertz CT molecular complexity index is 194. The maximum absolute atomic E-state index is 2.36. The summed E-state index contributed by atoms with van der Waals surface area (Å²) in [5.41, 5.74) is 0. The van der Waals surface area contributed by atoms with E-state index in [9.17, 15) is 0 Å². The Morgan fingerprint density at radius 3 is 1.70 bits per heavy atom. The van der Waals surface area contributed by atoms with E-state index in [1.54, 1.807) is 0 Å². The third-order valence-corrected chi connectivity index (χ3v) is 4.95. The van der Waals surface area contributed by atoms with Crippen molar-refractivity contribution >= 4 is 0 Å². The average Bonchev–Trinajstić information content (AvgIpc) is 2.43. The summed E-state index contributed by atoms with van der Waals surface area (Å²) in [6.07, 6.45) is 17.5. The van der Waals surface area contributed by atoms with Crippen molar-refractivity contribution in [2.75, 3.05) is 26.2 Å². The number of halogens is 1. The largest absolute Gasteiger partial charge is 1.00 e. The molecule has 0 saturated carbocycles. The Morgan fingerprint density at radius 2 is 1.15 bits per heavy atom. The molecule has 0 aromatic heterocycles. The van der Waals surface area contributed by atoms with Crippen LogP contribution in [0.25, 0.3) is 0 Å². The highest BCUT2D eigenvalue weighted by Gasteiger charge is 2.27. The van der Waals surface area contributed by atoms with E-state index < -0.39 is 0 Å². The predicted molar refractivity (Wildman–Crippen MR) is 86.5 cm³/mol. The molecular formula is C18H38ClN. The van der Waals surface area contributed by atoms with Gasteiger partial charge in [-0.1, -0.05) is 52.4 Å². The van der Waals surface area contributed by atoms with E-state index in [4.69, 9.17) is 0 Å². The van der Waals surface area contributed by atoms with E-state index in [0.717, 1.165) is 0 Å². The molecule has 0 aromatic rings. The summed E-state index contributed by atoms with van der Waals surface area (Å²) < 4.78 is 1.46. The lowest BCUT2D eigenvalue weighted by atomic mass is 10.0. The van der Waals surface area contributed by atoms with Crippen molar-refractivity contribution in [2.45, 2.75) is 90.9 Å². The molecule has 0 radical (unpaired) electrons. The summed E-state index contributed by atoms with van der Waals surface area (Å²) >= 11 is 0. The van der Waals surface area contributed by atoms with Gasteiger partial charge in [0, 0.05) is 0 Å². The fraction of sp³-hybridized carbons (Fsp3) is 1.00. The molecule has 1 heterocycles. The number of nitrogens with zero attached hydrogens (tertiary/aromatic N) is 1. The molecule has 1 aliphatic heterocycles. The van der Waals surface area contributed by atoms with Crippen molar-refractivity contribution in [3.05, 3.63) is 0 Å². The molecule has 0 N–H and O–H groups in total. The van der Waals surface area contributed by atoms with E-state index in [0.29, 0.717) is 0 Å². The number of hydrogen-bond donors (Lipinski definition) is 0. The first kappa shape index (κ1) is 20.2. The van der Waals surface area contributed by atoms with Gasteiger partial charge >= 0.3 is 0 Å². The molecule has 1 fully saturated rings. The summed E-state index contributed by atoms with van der Waals surface area (Å²) in [5.74, 6) is 0. The number of unbranched alkanes of at least 4 members (excludes halogenated alkanes) is 7. The van der Waals surface area contributed by atoms with Gasteiger partial charge in [0.1, 0.15) is 0 Å². The maximum Gasteiger partial charge on any atom is 0.0786 e. The molecule has 0 unspecified atom stereocenters. The molecule has 1 saturated heterocycles. The monoisotopic (exact) mass is 303 g/mol. The van der Waals surface area contributed by atoms with Gasteiger partial charge in [-0.05, 0) is 38.5 Å². The van der Waals surface area contributed by atoms with Crippen LogP contribution in [-0.2, 0) is 0 Å². The average molecular weight is 304 g/mol. The minimum absolute atomic E-state index is 0. The topological polar surface area (TPSA) is 0 Å². The lowest BCUT2D eigenvalue weighted by Crippen LogP contribution is -3.00. The maximum atomic E-state index is 2.36. The molecule has 1 rings (SSSR count). The highest BCUT2D eigenvalue weighted by Crippen LogP contribution is 2.21. The second-order valence-electron chi connectivity index (χ2n) is 6.77. The van der Waals surface area contributed by atoms with Gasteiger partial charge in [-0.25, -0.2) is 0 Å². The summed E-state index contributed by atoms with van der Waals surface area (Å²) in [6.45, 7) is 10.5. The van der Waals surface area contributed by atoms with Crippen LogP contribution < -0.4 is 12.4 Å². The molecule has 20 heavy (non-hydrogen) atoms. The van der Waals surface area contributed by atoms with Gasteiger partial charge in [-0.3, -0.25) is 0 Å². The fourth-order valence-corrected chi connectivity index (χ4v) is 3.80. The zero-order valence-corrected chi connectivity index (χ0v) is 14.9. The van der Waals surface area contributed by atoms with E-state index in [2.05, 4.69) is 13.8 Å². The lowest BCUT2D eigenvalue weighted by molar-refractivity contribution is -0.932. The molecule has 122 valence electrons. The van der Waals surface area contributed by atoms with Crippen molar-refractivity contribution in [3.8, 4) is 0 Å². The molecule has 1 nitrogen and oxygen atoms in total. The summed E-state index contributed by atoms with van der Waals surface area (Å²) in [6, 6.07) is 0. The number of rotatable bonds is 11. The Morgan fingerprint density at radius 1 is 0.600 bits per heavy atom. The van der Waals surface area contributed by atoms with Gasteiger partial charge in [-0.15, -0.1) is 0 Å². The quantitative estimate of drug-likeness (QED) is 0.406. The van der Waals surface area contributed by atoms with Gasteiger partial charge in [0.05, 0.1) is 26.2 Å². The van der Waals surface area contributed by atoms with Gasteiger partial charge in [-0.2, -0.15) is 0 Å². The Labute approximate surface area is 134 Å². The molecule has 1 aliphatic rings. The number of quaternary nitrogens is 1. The third kappa shape index (κ3) is 8.52. The van der Waals surface area contributed by atoms with Crippen LogP contribution in [0.5, 0.6) is 0 Å². The Balaban J connectivity index is 0.00000361. The summed E-state index contributed by atoms with van der Waals surface area (Å²) in [5, 5.41) is 0. The SMILES string of the molecule is CCCCCCCCCC[N+]1(CCC)CCCCC1.[Cl-]. The van der Waals surface area contributed by atoms with Crippen LogP contribution in [0.1, 0.15) is 90.9 Å². The number of piperidine rings is 1. The number of hydrogen-bond acceptors (Lipinski definition) is 0. The van der Waals surface area contributed by atoms with E-state index >= 15 is 0 Å². The predicted octanol–water partition coefficient (Wildman–Crippen LogP) is 2.54. The third-order valence-electron chi connectivity index (χ3n) is 4.95. The Hall–Kier alpha value is 0.250. The molecule has 0 aromatic carbocycles. The molecule has 0 bridgehead atoms. The first-order chi connectivity index (χ1) is 9.33. The van der Waals surface area contributed by atoms with Crippen molar-refractivity contribution in [1.82, 2.24) is 0 Å². The second-order valence-corrected chi connectivity index (χ2v) is 6.77. The highest BCUT2D eigenvalue weighted by atomic mass is 35.5. The van der Waals surface area contributed by atoms with Crippen LogP contribution in [0.15, 0.2) is 0 Å². The van der Waals surface area contributed by atoms with Gasteiger partial charge < -0.3 is 16.9 Å². The van der Waals surface area contributed by atoms with E-state index in [1.165, 1.54) is 108 Å². The number of likely N-dealkylation sites (tertiary alicyclic amines) is 1. The lowest BCUT2D eigenvalue weighted by Gasteiger charge is -2.41. The van der Waals surface area contributed by atoms with Crippen molar-refractivity contribution < 1.29 is 16.9 Å². The van der Waals surface area contributed by atoms with Crippen LogP contribution in [0.2, 0.25) is 0 Å². The highest BCUT2D eigenvalue weighted by molar-refractivity contribution is 4.55. The smallest absolute Gasteiger partial charge is 0.0786 e. The van der Waals surface area contributed by atoms with Crippen molar-refractivity contribution in [3.63, 3.8) is 0 Å². The zero-order chi connectivity index (χ0) is 13.8. The van der Waals surface area contributed by atoms with Crippen molar-refractivity contribution in [2.24, 2.45) is 0 Å². The van der Waals surface area contributed by atoms with Crippen LogP contribution in [-0.4, -0.2) is 30.7 Å².